The van der Waals surface area contributed by atoms with Crippen LogP contribution in [-0.4, -0.2) is 12.8 Å². The SMILES string of the molecule is CCCCC(CC)CN=Cc1cc(Br)c(OCc2ccc(Cl)c(Cl)c2)c(Br)c1. The quantitative estimate of drug-likeness (QED) is 0.271. The molecule has 2 nitrogen and oxygen atoms in total. The second-order valence-corrected chi connectivity index (χ2v) is 9.28. The van der Waals surface area contributed by atoms with Crippen LogP contribution < -0.4 is 4.74 Å². The number of hydrogen-bond donors (Lipinski definition) is 0. The molecule has 0 saturated heterocycles. The summed E-state index contributed by atoms with van der Waals surface area (Å²) in [6.07, 6.45) is 6.87. The first-order valence-electron chi connectivity index (χ1n) is 9.50. The van der Waals surface area contributed by atoms with E-state index < -0.39 is 0 Å². The maximum absolute atomic E-state index is 6.07. The fraction of sp³-hybridized carbons (Fsp3) is 0.409. The normalized spacial score (nSPS) is 12.5. The minimum atomic E-state index is 0.400. The van der Waals surface area contributed by atoms with Crippen molar-refractivity contribution in [3.63, 3.8) is 0 Å². The van der Waals surface area contributed by atoms with E-state index in [1.165, 1.54) is 25.7 Å². The molecule has 0 amide bonds. The largest absolute Gasteiger partial charge is 0.487 e. The van der Waals surface area contributed by atoms with Gasteiger partial charge in [0.15, 0.2) is 0 Å². The summed E-state index contributed by atoms with van der Waals surface area (Å²) in [6, 6.07) is 9.53. The van der Waals surface area contributed by atoms with Crippen molar-refractivity contribution in [2.45, 2.75) is 46.1 Å². The zero-order valence-electron chi connectivity index (χ0n) is 16.2. The highest BCUT2D eigenvalue weighted by atomic mass is 79.9. The molecule has 1 unspecified atom stereocenters. The molecular formula is C22H25Br2Cl2NO. The summed E-state index contributed by atoms with van der Waals surface area (Å²) in [5.74, 6) is 1.41. The molecular weight excluding hydrogens is 525 g/mol. The minimum Gasteiger partial charge on any atom is -0.487 e. The van der Waals surface area contributed by atoms with Gasteiger partial charge in [-0.1, -0.05) is 62.4 Å². The molecule has 0 fully saturated rings. The van der Waals surface area contributed by atoms with Crippen molar-refractivity contribution in [3.05, 3.63) is 60.4 Å². The summed E-state index contributed by atoms with van der Waals surface area (Å²) in [5, 5.41) is 1.06. The van der Waals surface area contributed by atoms with Gasteiger partial charge < -0.3 is 4.74 Å². The van der Waals surface area contributed by atoms with Crippen LogP contribution in [-0.2, 0) is 6.61 Å². The number of aliphatic imine (C=N–C) groups is 1. The molecule has 0 N–H and O–H groups in total. The highest BCUT2D eigenvalue weighted by molar-refractivity contribution is 9.11. The lowest BCUT2D eigenvalue weighted by Crippen LogP contribution is -2.03. The lowest BCUT2D eigenvalue weighted by Gasteiger charge is -2.12. The summed E-state index contributed by atoms with van der Waals surface area (Å²) in [4.78, 5) is 4.65. The van der Waals surface area contributed by atoms with E-state index in [0.29, 0.717) is 22.6 Å². The van der Waals surface area contributed by atoms with Gasteiger partial charge >= 0.3 is 0 Å². The Hall–Kier alpha value is -0.550. The number of rotatable bonds is 10. The number of benzene rings is 2. The Bertz CT molecular complexity index is 788. The molecule has 0 heterocycles. The number of hydrogen-bond acceptors (Lipinski definition) is 2. The number of ether oxygens (including phenoxy) is 1. The van der Waals surface area contributed by atoms with Gasteiger partial charge in [0.05, 0.1) is 19.0 Å². The zero-order valence-corrected chi connectivity index (χ0v) is 20.8. The van der Waals surface area contributed by atoms with Gasteiger partial charge in [0, 0.05) is 12.8 Å². The smallest absolute Gasteiger partial charge is 0.148 e. The first-order valence-corrected chi connectivity index (χ1v) is 11.8. The van der Waals surface area contributed by atoms with Crippen molar-refractivity contribution < 1.29 is 4.74 Å². The zero-order chi connectivity index (χ0) is 20.5. The van der Waals surface area contributed by atoms with E-state index in [4.69, 9.17) is 27.9 Å². The Labute approximate surface area is 194 Å². The fourth-order valence-electron chi connectivity index (χ4n) is 2.80. The lowest BCUT2D eigenvalue weighted by atomic mass is 10.00. The Morgan fingerprint density at radius 3 is 2.39 bits per heavy atom. The van der Waals surface area contributed by atoms with Crippen LogP contribution >= 0.6 is 55.1 Å². The molecule has 0 aliphatic heterocycles. The molecule has 2 rings (SSSR count). The van der Waals surface area contributed by atoms with Crippen LogP contribution in [0.15, 0.2) is 44.3 Å². The summed E-state index contributed by atoms with van der Waals surface area (Å²) >= 11 is 19.2. The van der Waals surface area contributed by atoms with Crippen molar-refractivity contribution in [3.8, 4) is 5.75 Å². The van der Waals surface area contributed by atoms with Crippen LogP contribution in [0.3, 0.4) is 0 Å². The maximum atomic E-state index is 6.07. The molecule has 2 aromatic carbocycles. The fourth-order valence-corrected chi connectivity index (χ4v) is 4.57. The van der Waals surface area contributed by atoms with E-state index in [0.717, 1.165) is 32.4 Å². The second-order valence-electron chi connectivity index (χ2n) is 6.76. The minimum absolute atomic E-state index is 0.400. The number of nitrogens with zero attached hydrogens (tertiary/aromatic N) is 1. The summed E-state index contributed by atoms with van der Waals surface area (Å²) in [5.41, 5.74) is 1.99. The van der Waals surface area contributed by atoms with Gasteiger partial charge in [-0.25, -0.2) is 0 Å². The standard InChI is InChI=1S/C22H25Br2Cl2NO/c1-3-5-6-15(4-2)12-27-13-17-9-18(23)22(19(24)10-17)28-14-16-7-8-20(25)21(26)11-16/h7-11,13,15H,3-6,12,14H2,1-2H3. The molecule has 0 saturated carbocycles. The third-order valence-electron chi connectivity index (χ3n) is 4.54. The Balaban J connectivity index is 2.01. The molecule has 1 atom stereocenters. The molecule has 0 aliphatic carbocycles. The van der Waals surface area contributed by atoms with Crippen LogP contribution in [0.1, 0.15) is 50.7 Å². The summed E-state index contributed by atoms with van der Waals surface area (Å²) in [7, 11) is 0. The first kappa shape index (κ1) is 23.7. The first-order chi connectivity index (χ1) is 13.4. The van der Waals surface area contributed by atoms with E-state index in [2.05, 4.69) is 50.7 Å². The molecule has 0 aromatic heterocycles. The summed E-state index contributed by atoms with van der Waals surface area (Å²) < 4.78 is 7.72. The van der Waals surface area contributed by atoms with Crippen molar-refractivity contribution in [1.82, 2.24) is 0 Å². The third-order valence-corrected chi connectivity index (χ3v) is 6.45. The van der Waals surface area contributed by atoms with Gasteiger partial charge in [0.1, 0.15) is 12.4 Å². The second kappa shape index (κ2) is 12.2. The van der Waals surface area contributed by atoms with E-state index in [9.17, 15) is 0 Å². The number of halogens is 4. The van der Waals surface area contributed by atoms with Gasteiger partial charge in [-0.15, -0.1) is 0 Å². The topological polar surface area (TPSA) is 21.6 Å². The molecule has 0 bridgehead atoms. The molecule has 2 aromatic rings. The number of unbranched alkanes of at least 4 members (excludes halogenated alkanes) is 1. The molecule has 28 heavy (non-hydrogen) atoms. The van der Waals surface area contributed by atoms with Crippen molar-refractivity contribution in [2.75, 3.05) is 6.54 Å². The molecule has 152 valence electrons. The van der Waals surface area contributed by atoms with Crippen LogP contribution in [0.5, 0.6) is 5.75 Å². The van der Waals surface area contributed by atoms with Gasteiger partial charge in [-0.2, -0.15) is 0 Å². The van der Waals surface area contributed by atoms with E-state index in [1.54, 1.807) is 6.07 Å². The van der Waals surface area contributed by atoms with Crippen molar-refractivity contribution >= 4 is 61.3 Å². The maximum Gasteiger partial charge on any atom is 0.148 e. The van der Waals surface area contributed by atoms with Crippen molar-refractivity contribution in [1.29, 1.82) is 0 Å². The van der Waals surface area contributed by atoms with Crippen LogP contribution in [0.4, 0.5) is 0 Å². The predicted octanol–water partition coefficient (Wildman–Crippen LogP) is 8.73. The van der Waals surface area contributed by atoms with Crippen LogP contribution in [0, 0.1) is 5.92 Å². The van der Waals surface area contributed by atoms with E-state index >= 15 is 0 Å². The van der Waals surface area contributed by atoms with E-state index in [-0.39, 0.29) is 0 Å². The van der Waals surface area contributed by atoms with Crippen LogP contribution in [0.25, 0.3) is 0 Å². The van der Waals surface area contributed by atoms with Crippen molar-refractivity contribution in [2.24, 2.45) is 10.9 Å². The monoisotopic (exact) mass is 547 g/mol. The highest BCUT2D eigenvalue weighted by Gasteiger charge is 2.10. The Morgan fingerprint density at radius 1 is 1.07 bits per heavy atom. The van der Waals surface area contributed by atoms with Gasteiger partial charge in [0.2, 0.25) is 0 Å². The Morgan fingerprint density at radius 2 is 1.79 bits per heavy atom. The molecule has 0 radical (unpaired) electrons. The van der Waals surface area contributed by atoms with Gasteiger partial charge in [0.25, 0.3) is 0 Å². The average Bonchev–Trinajstić information content (AvgIpc) is 2.66. The Kier molecular flexibility index (Phi) is 10.4. The highest BCUT2D eigenvalue weighted by Crippen LogP contribution is 2.35. The summed E-state index contributed by atoms with van der Waals surface area (Å²) in [6.45, 7) is 5.75. The van der Waals surface area contributed by atoms with Gasteiger partial charge in [-0.3, -0.25) is 4.99 Å². The van der Waals surface area contributed by atoms with Gasteiger partial charge in [-0.05, 0) is 79.6 Å². The third kappa shape index (κ3) is 7.37. The van der Waals surface area contributed by atoms with E-state index in [1.807, 2.05) is 30.5 Å². The molecule has 0 spiro atoms. The average molecular weight is 550 g/mol. The molecule has 0 aliphatic rings. The predicted molar refractivity (Wildman–Crippen MR) is 128 cm³/mol. The van der Waals surface area contributed by atoms with Crippen LogP contribution in [0.2, 0.25) is 10.0 Å². The molecule has 6 heteroatoms. The lowest BCUT2D eigenvalue weighted by molar-refractivity contribution is 0.302.